The summed E-state index contributed by atoms with van der Waals surface area (Å²) in [6, 6.07) is 7.83. The molecule has 1 aromatic rings. The minimum atomic E-state index is 0.0335. The Labute approximate surface area is 120 Å². The zero-order valence-electron chi connectivity index (χ0n) is 12.0. The standard InChI is InChI=1S/C15H23N3O2/c1-13-3-2-4-14(11-13)16-15(20)12-18-7-5-17(6-8-18)9-10-19/h2-4,11,19H,5-10,12H2,1H3,(H,16,20). The molecule has 1 saturated heterocycles. The summed E-state index contributed by atoms with van der Waals surface area (Å²) in [4.78, 5) is 16.4. The first-order chi connectivity index (χ1) is 9.67. The molecular formula is C15H23N3O2. The first-order valence-corrected chi connectivity index (χ1v) is 7.09. The zero-order chi connectivity index (χ0) is 14.4. The second-order valence-electron chi connectivity index (χ2n) is 5.26. The number of hydrogen-bond acceptors (Lipinski definition) is 4. The molecule has 2 rings (SSSR count). The van der Waals surface area contributed by atoms with Crippen LogP contribution in [-0.4, -0.2) is 66.7 Å². The number of nitrogens with zero attached hydrogens (tertiary/aromatic N) is 2. The zero-order valence-corrected chi connectivity index (χ0v) is 12.0. The number of aliphatic hydroxyl groups is 1. The lowest BCUT2D eigenvalue weighted by molar-refractivity contribution is -0.117. The number of carbonyl (C=O) groups is 1. The third-order valence-electron chi connectivity index (χ3n) is 3.55. The predicted molar refractivity (Wildman–Crippen MR) is 79.8 cm³/mol. The molecule has 0 bridgehead atoms. The molecule has 1 aliphatic rings. The van der Waals surface area contributed by atoms with E-state index >= 15 is 0 Å². The molecule has 0 aliphatic carbocycles. The molecule has 0 spiro atoms. The van der Waals surface area contributed by atoms with Crippen LogP contribution in [0.25, 0.3) is 0 Å². The van der Waals surface area contributed by atoms with Gasteiger partial charge in [0.1, 0.15) is 0 Å². The number of aliphatic hydroxyl groups excluding tert-OH is 1. The van der Waals surface area contributed by atoms with Crippen LogP contribution < -0.4 is 5.32 Å². The van der Waals surface area contributed by atoms with Crippen molar-refractivity contribution in [1.82, 2.24) is 9.80 Å². The SMILES string of the molecule is Cc1cccc(NC(=O)CN2CCN(CCO)CC2)c1. The van der Waals surface area contributed by atoms with Gasteiger partial charge in [-0.25, -0.2) is 0 Å². The molecule has 0 unspecified atom stereocenters. The van der Waals surface area contributed by atoms with Gasteiger partial charge in [0.2, 0.25) is 5.91 Å². The first-order valence-electron chi connectivity index (χ1n) is 7.09. The molecule has 1 fully saturated rings. The van der Waals surface area contributed by atoms with Crippen LogP contribution in [0.3, 0.4) is 0 Å². The summed E-state index contributed by atoms with van der Waals surface area (Å²) >= 11 is 0. The number of aryl methyl sites for hydroxylation is 1. The van der Waals surface area contributed by atoms with Crippen molar-refractivity contribution in [3.05, 3.63) is 29.8 Å². The van der Waals surface area contributed by atoms with Crippen molar-refractivity contribution in [3.8, 4) is 0 Å². The normalized spacial score (nSPS) is 17.1. The maximum atomic E-state index is 12.0. The molecule has 0 saturated carbocycles. The van der Waals surface area contributed by atoms with Gasteiger partial charge in [-0.1, -0.05) is 12.1 Å². The van der Waals surface area contributed by atoms with Crippen molar-refractivity contribution in [1.29, 1.82) is 0 Å². The van der Waals surface area contributed by atoms with E-state index in [1.807, 2.05) is 31.2 Å². The van der Waals surface area contributed by atoms with Crippen LogP contribution in [0.4, 0.5) is 5.69 Å². The van der Waals surface area contributed by atoms with Gasteiger partial charge >= 0.3 is 0 Å². The maximum absolute atomic E-state index is 12.0. The van der Waals surface area contributed by atoms with Gasteiger partial charge in [-0.05, 0) is 24.6 Å². The Morgan fingerprint density at radius 1 is 1.25 bits per heavy atom. The van der Waals surface area contributed by atoms with Crippen LogP contribution in [-0.2, 0) is 4.79 Å². The summed E-state index contributed by atoms with van der Waals surface area (Å²) < 4.78 is 0. The molecule has 5 heteroatoms. The molecule has 2 N–H and O–H groups in total. The van der Waals surface area contributed by atoms with Gasteiger partial charge in [-0.15, -0.1) is 0 Å². The Balaban J connectivity index is 1.75. The molecular weight excluding hydrogens is 254 g/mol. The Kier molecular flexibility index (Phi) is 5.52. The van der Waals surface area contributed by atoms with E-state index in [0.29, 0.717) is 6.54 Å². The maximum Gasteiger partial charge on any atom is 0.238 e. The molecule has 110 valence electrons. The molecule has 1 amide bonds. The monoisotopic (exact) mass is 277 g/mol. The van der Waals surface area contributed by atoms with Crippen LogP contribution in [0.1, 0.15) is 5.56 Å². The fraction of sp³-hybridized carbons (Fsp3) is 0.533. The van der Waals surface area contributed by atoms with E-state index in [2.05, 4.69) is 15.1 Å². The number of amides is 1. The second-order valence-corrected chi connectivity index (χ2v) is 5.26. The van der Waals surface area contributed by atoms with E-state index in [1.54, 1.807) is 0 Å². The fourth-order valence-electron chi connectivity index (χ4n) is 2.44. The molecule has 1 aliphatic heterocycles. The molecule has 1 aromatic carbocycles. The molecule has 0 atom stereocenters. The minimum absolute atomic E-state index is 0.0335. The van der Waals surface area contributed by atoms with Crippen LogP contribution >= 0.6 is 0 Å². The highest BCUT2D eigenvalue weighted by molar-refractivity contribution is 5.92. The summed E-state index contributed by atoms with van der Waals surface area (Å²) in [6.07, 6.45) is 0. The fourth-order valence-corrected chi connectivity index (χ4v) is 2.44. The first kappa shape index (κ1) is 15.0. The van der Waals surface area contributed by atoms with Crippen LogP contribution in [0.5, 0.6) is 0 Å². The van der Waals surface area contributed by atoms with Gasteiger partial charge in [-0.2, -0.15) is 0 Å². The van der Waals surface area contributed by atoms with Gasteiger partial charge < -0.3 is 10.4 Å². The average molecular weight is 277 g/mol. The lowest BCUT2D eigenvalue weighted by atomic mass is 10.2. The second kappa shape index (κ2) is 7.38. The number of piperazine rings is 1. The highest BCUT2D eigenvalue weighted by atomic mass is 16.3. The van der Waals surface area contributed by atoms with Crippen LogP contribution in [0.15, 0.2) is 24.3 Å². The number of hydrogen-bond donors (Lipinski definition) is 2. The molecule has 0 radical (unpaired) electrons. The van der Waals surface area contributed by atoms with Gasteiger partial charge in [0.25, 0.3) is 0 Å². The Morgan fingerprint density at radius 3 is 2.60 bits per heavy atom. The van der Waals surface area contributed by atoms with Crippen molar-refractivity contribution >= 4 is 11.6 Å². The molecule has 0 aromatic heterocycles. The van der Waals surface area contributed by atoms with E-state index in [9.17, 15) is 4.79 Å². The van der Waals surface area contributed by atoms with Crippen LogP contribution in [0, 0.1) is 6.92 Å². The van der Waals surface area contributed by atoms with Crippen molar-refractivity contribution in [2.24, 2.45) is 0 Å². The Morgan fingerprint density at radius 2 is 1.95 bits per heavy atom. The van der Waals surface area contributed by atoms with Gasteiger partial charge in [0.05, 0.1) is 13.2 Å². The van der Waals surface area contributed by atoms with Crippen molar-refractivity contribution in [3.63, 3.8) is 0 Å². The van der Waals surface area contributed by atoms with Crippen molar-refractivity contribution in [2.75, 3.05) is 51.2 Å². The van der Waals surface area contributed by atoms with Gasteiger partial charge in [0, 0.05) is 38.4 Å². The van der Waals surface area contributed by atoms with Crippen molar-refractivity contribution in [2.45, 2.75) is 6.92 Å². The summed E-state index contributed by atoms with van der Waals surface area (Å²) in [7, 11) is 0. The van der Waals surface area contributed by atoms with E-state index in [0.717, 1.165) is 44.0 Å². The number of rotatable bonds is 5. The number of nitrogens with one attached hydrogen (secondary N) is 1. The smallest absolute Gasteiger partial charge is 0.238 e. The highest BCUT2D eigenvalue weighted by Gasteiger charge is 2.18. The van der Waals surface area contributed by atoms with E-state index in [4.69, 9.17) is 5.11 Å². The van der Waals surface area contributed by atoms with Crippen molar-refractivity contribution < 1.29 is 9.90 Å². The Bertz CT molecular complexity index is 442. The molecule has 1 heterocycles. The summed E-state index contributed by atoms with van der Waals surface area (Å²) in [5.74, 6) is 0.0335. The number of carbonyl (C=O) groups excluding carboxylic acids is 1. The summed E-state index contributed by atoms with van der Waals surface area (Å²) in [5, 5.41) is 11.8. The van der Waals surface area contributed by atoms with Gasteiger partial charge in [-0.3, -0.25) is 14.6 Å². The topological polar surface area (TPSA) is 55.8 Å². The van der Waals surface area contributed by atoms with E-state index in [1.165, 1.54) is 0 Å². The quantitative estimate of drug-likeness (QED) is 0.825. The minimum Gasteiger partial charge on any atom is -0.395 e. The molecule has 5 nitrogen and oxygen atoms in total. The largest absolute Gasteiger partial charge is 0.395 e. The lowest BCUT2D eigenvalue weighted by Crippen LogP contribution is -2.49. The molecule has 20 heavy (non-hydrogen) atoms. The number of β-amino-alcohol motifs (C(OH)–C–C–N with tert-alkyl or cyclic N) is 1. The lowest BCUT2D eigenvalue weighted by Gasteiger charge is -2.33. The van der Waals surface area contributed by atoms with E-state index < -0.39 is 0 Å². The van der Waals surface area contributed by atoms with E-state index in [-0.39, 0.29) is 12.5 Å². The average Bonchev–Trinajstić information content (AvgIpc) is 2.41. The van der Waals surface area contributed by atoms with Crippen LogP contribution in [0.2, 0.25) is 0 Å². The summed E-state index contributed by atoms with van der Waals surface area (Å²) in [5.41, 5.74) is 1.99. The number of benzene rings is 1. The summed E-state index contributed by atoms with van der Waals surface area (Å²) in [6.45, 7) is 6.95. The Hall–Kier alpha value is -1.43. The predicted octanol–water partition coefficient (Wildman–Crippen LogP) is 0.543. The number of anilines is 1. The highest BCUT2D eigenvalue weighted by Crippen LogP contribution is 2.09. The third kappa shape index (κ3) is 4.59. The third-order valence-corrected chi connectivity index (χ3v) is 3.55. The van der Waals surface area contributed by atoms with Gasteiger partial charge in [0.15, 0.2) is 0 Å².